The molecule has 0 bridgehead atoms. The third-order valence-corrected chi connectivity index (χ3v) is 4.07. The zero-order chi connectivity index (χ0) is 15.1. The fourth-order valence-corrected chi connectivity index (χ4v) is 2.86. The molecule has 0 spiro atoms. The largest absolute Gasteiger partial charge is 0.496 e. The van der Waals surface area contributed by atoms with Crippen LogP contribution in [0.25, 0.3) is 0 Å². The van der Waals surface area contributed by atoms with Gasteiger partial charge in [-0.2, -0.15) is 0 Å². The van der Waals surface area contributed by atoms with Gasteiger partial charge in [-0.05, 0) is 31.1 Å². The van der Waals surface area contributed by atoms with Crippen LogP contribution in [0.15, 0.2) is 18.2 Å². The van der Waals surface area contributed by atoms with Crippen molar-refractivity contribution in [3.05, 3.63) is 29.3 Å². The summed E-state index contributed by atoms with van der Waals surface area (Å²) in [5.74, 6) is 0.881. The molecule has 0 saturated carbocycles. The normalized spacial score (nSPS) is 17.7. The van der Waals surface area contributed by atoms with Crippen LogP contribution >= 0.6 is 0 Å². The summed E-state index contributed by atoms with van der Waals surface area (Å²) in [4.78, 5) is 4.80. The Kier molecular flexibility index (Phi) is 6.45. The second-order valence-corrected chi connectivity index (χ2v) is 5.55. The van der Waals surface area contributed by atoms with Crippen LogP contribution in [0.1, 0.15) is 17.5 Å². The predicted molar refractivity (Wildman–Crippen MR) is 84.3 cm³/mol. The van der Waals surface area contributed by atoms with Crippen molar-refractivity contribution in [1.29, 1.82) is 0 Å². The van der Waals surface area contributed by atoms with Gasteiger partial charge in [-0.1, -0.05) is 12.1 Å². The number of benzene rings is 1. The minimum atomic E-state index is 0.248. The highest BCUT2D eigenvalue weighted by atomic mass is 16.5. The molecule has 3 N–H and O–H groups in total. The lowest BCUT2D eigenvalue weighted by molar-refractivity contribution is 0.196. The molecule has 5 nitrogen and oxygen atoms in total. The molecule has 2 rings (SSSR count). The molecule has 1 aromatic carbocycles. The number of hydrogen-bond acceptors (Lipinski definition) is 5. The average Bonchev–Trinajstić information content (AvgIpc) is 2.73. The molecule has 1 aliphatic heterocycles. The van der Waals surface area contributed by atoms with Gasteiger partial charge in [0.25, 0.3) is 0 Å². The van der Waals surface area contributed by atoms with Crippen LogP contribution in [-0.2, 0) is 13.1 Å². The maximum Gasteiger partial charge on any atom is 0.123 e. The Morgan fingerprint density at radius 2 is 1.95 bits per heavy atom. The van der Waals surface area contributed by atoms with E-state index in [0.717, 1.165) is 57.0 Å². The lowest BCUT2D eigenvalue weighted by Gasteiger charge is -2.21. The zero-order valence-corrected chi connectivity index (χ0v) is 12.9. The molecule has 0 radical (unpaired) electrons. The van der Waals surface area contributed by atoms with Gasteiger partial charge in [-0.25, -0.2) is 0 Å². The van der Waals surface area contributed by atoms with E-state index in [0.29, 0.717) is 6.54 Å². The van der Waals surface area contributed by atoms with Crippen LogP contribution < -0.4 is 10.5 Å². The van der Waals surface area contributed by atoms with Crippen molar-refractivity contribution in [1.82, 2.24) is 9.80 Å². The average molecular weight is 293 g/mol. The van der Waals surface area contributed by atoms with Crippen molar-refractivity contribution in [3.8, 4) is 5.75 Å². The van der Waals surface area contributed by atoms with Crippen molar-refractivity contribution in [2.45, 2.75) is 19.5 Å². The first-order valence-corrected chi connectivity index (χ1v) is 7.68. The van der Waals surface area contributed by atoms with Crippen LogP contribution in [0.3, 0.4) is 0 Å². The summed E-state index contributed by atoms with van der Waals surface area (Å²) in [6.07, 6.45) is 1.15. The smallest absolute Gasteiger partial charge is 0.123 e. The SMILES string of the molecule is COc1cc(CN2CCCN(CCO)CC2)ccc1CN. The number of nitrogens with two attached hydrogens (primary N) is 1. The summed E-state index contributed by atoms with van der Waals surface area (Å²) >= 11 is 0. The third kappa shape index (κ3) is 4.68. The first-order valence-electron chi connectivity index (χ1n) is 7.68. The number of aliphatic hydroxyl groups is 1. The number of rotatable bonds is 6. The molecule has 1 aliphatic rings. The Morgan fingerprint density at radius 3 is 2.67 bits per heavy atom. The monoisotopic (exact) mass is 293 g/mol. The van der Waals surface area contributed by atoms with Crippen LogP contribution in [0.4, 0.5) is 0 Å². The number of hydrogen-bond donors (Lipinski definition) is 2. The van der Waals surface area contributed by atoms with Gasteiger partial charge in [-0.3, -0.25) is 9.80 Å². The first-order chi connectivity index (χ1) is 10.3. The standard InChI is InChI=1S/C16H27N3O2/c1-21-16-11-14(3-4-15(16)12-17)13-19-6-2-5-18(7-8-19)9-10-20/h3-4,11,20H,2,5-10,12-13,17H2,1H3. The Hall–Kier alpha value is -1.14. The Bertz CT molecular complexity index is 440. The molecule has 1 saturated heterocycles. The minimum absolute atomic E-state index is 0.248. The van der Waals surface area contributed by atoms with E-state index in [2.05, 4.69) is 28.0 Å². The van der Waals surface area contributed by atoms with Crippen LogP contribution in [0.2, 0.25) is 0 Å². The molecule has 0 aliphatic carbocycles. The van der Waals surface area contributed by atoms with Crippen molar-refractivity contribution < 1.29 is 9.84 Å². The summed E-state index contributed by atoms with van der Waals surface area (Å²) < 4.78 is 5.41. The van der Waals surface area contributed by atoms with Crippen molar-refractivity contribution >= 4 is 0 Å². The van der Waals surface area contributed by atoms with E-state index in [4.69, 9.17) is 15.6 Å². The predicted octanol–water partition coefficient (Wildman–Crippen LogP) is 0.654. The number of aliphatic hydroxyl groups excluding tert-OH is 1. The zero-order valence-electron chi connectivity index (χ0n) is 12.9. The highest BCUT2D eigenvalue weighted by Gasteiger charge is 2.15. The quantitative estimate of drug-likeness (QED) is 0.806. The topological polar surface area (TPSA) is 62.0 Å². The van der Waals surface area contributed by atoms with E-state index in [1.807, 2.05) is 0 Å². The van der Waals surface area contributed by atoms with Crippen molar-refractivity contribution in [2.75, 3.05) is 46.4 Å². The van der Waals surface area contributed by atoms with Crippen LogP contribution in [-0.4, -0.2) is 61.3 Å². The lowest BCUT2D eigenvalue weighted by atomic mass is 10.1. The summed E-state index contributed by atoms with van der Waals surface area (Å²) in [5, 5.41) is 9.04. The first kappa shape index (κ1) is 16.2. The number of nitrogens with zero attached hydrogens (tertiary/aromatic N) is 2. The van der Waals surface area contributed by atoms with Crippen molar-refractivity contribution in [3.63, 3.8) is 0 Å². The molecule has 5 heteroatoms. The van der Waals surface area contributed by atoms with Gasteiger partial charge in [0.2, 0.25) is 0 Å². The molecule has 0 aromatic heterocycles. The molecule has 0 atom stereocenters. The van der Waals surface area contributed by atoms with E-state index in [-0.39, 0.29) is 6.61 Å². The number of ether oxygens (including phenoxy) is 1. The molecule has 118 valence electrons. The van der Waals surface area contributed by atoms with Crippen LogP contribution in [0.5, 0.6) is 5.75 Å². The van der Waals surface area contributed by atoms with Gasteiger partial charge in [0.1, 0.15) is 5.75 Å². The maximum atomic E-state index is 9.04. The Morgan fingerprint density at radius 1 is 1.19 bits per heavy atom. The van der Waals surface area contributed by atoms with E-state index < -0.39 is 0 Å². The molecule has 0 amide bonds. The van der Waals surface area contributed by atoms with E-state index in [1.165, 1.54) is 5.56 Å². The van der Waals surface area contributed by atoms with E-state index >= 15 is 0 Å². The molecule has 1 aromatic rings. The van der Waals surface area contributed by atoms with Gasteiger partial charge in [0, 0.05) is 38.3 Å². The van der Waals surface area contributed by atoms with Gasteiger partial charge >= 0.3 is 0 Å². The van der Waals surface area contributed by atoms with Crippen molar-refractivity contribution in [2.24, 2.45) is 5.73 Å². The second kappa shape index (κ2) is 8.34. The third-order valence-electron chi connectivity index (χ3n) is 4.07. The van der Waals surface area contributed by atoms with E-state index in [1.54, 1.807) is 7.11 Å². The minimum Gasteiger partial charge on any atom is -0.496 e. The second-order valence-electron chi connectivity index (χ2n) is 5.55. The molecule has 0 unspecified atom stereocenters. The molecule has 21 heavy (non-hydrogen) atoms. The molecular formula is C16H27N3O2. The van der Waals surface area contributed by atoms with Gasteiger partial charge in [0.15, 0.2) is 0 Å². The summed E-state index contributed by atoms with van der Waals surface area (Å²) in [6.45, 7) is 6.72. The summed E-state index contributed by atoms with van der Waals surface area (Å²) in [6, 6.07) is 6.30. The lowest BCUT2D eigenvalue weighted by Crippen LogP contribution is -2.32. The highest BCUT2D eigenvalue weighted by molar-refractivity contribution is 5.37. The highest BCUT2D eigenvalue weighted by Crippen LogP contribution is 2.21. The maximum absolute atomic E-state index is 9.04. The molecular weight excluding hydrogens is 266 g/mol. The number of β-amino-alcohol motifs (C(OH)–C–C–N with tert-alkyl or cyclic N) is 1. The molecule has 1 heterocycles. The fourth-order valence-electron chi connectivity index (χ4n) is 2.86. The number of methoxy groups -OCH3 is 1. The van der Waals surface area contributed by atoms with Crippen LogP contribution in [0, 0.1) is 0 Å². The van der Waals surface area contributed by atoms with Gasteiger partial charge < -0.3 is 15.6 Å². The van der Waals surface area contributed by atoms with Gasteiger partial charge in [-0.15, -0.1) is 0 Å². The fraction of sp³-hybridized carbons (Fsp3) is 0.625. The van der Waals surface area contributed by atoms with E-state index in [9.17, 15) is 0 Å². The summed E-state index contributed by atoms with van der Waals surface area (Å²) in [7, 11) is 1.69. The Labute approximate surface area is 127 Å². The molecule has 1 fully saturated rings. The Balaban J connectivity index is 1.95. The van der Waals surface area contributed by atoms with Gasteiger partial charge in [0.05, 0.1) is 13.7 Å². The summed E-state index contributed by atoms with van der Waals surface area (Å²) in [5.41, 5.74) is 8.02.